The molecule has 2 aromatic carbocycles. The summed E-state index contributed by atoms with van der Waals surface area (Å²) in [6, 6.07) is 19.3. The summed E-state index contributed by atoms with van der Waals surface area (Å²) < 4.78 is 0. The maximum atomic E-state index is 12.8. The van der Waals surface area contributed by atoms with Gasteiger partial charge in [-0.3, -0.25) is 9.59 Å². The van der Waals surface area contributed by atoms with Crippen molar-refractivity contribution < 1.29 is 9.59 Å². The zero-order valence-corrected chi connectivity index (χ0v) is 18.3. The van der Waals surface area contributed by atoms with Crippen molar-refractivity contribution in [1.29, 1.82) is 0 Å². The maximum absolute atomic E-state index is 12.8. The molecular formula is C24H23ClN2O2S. The summed E-state index contributed by atoms with van der Waals surface area (Å²) in [5, 5.41) is 3.72. The van der Waals surface area contributed by atoms with Crippen molar-refractivity contribution in [2.24, 2.45) is 5.92 Å². The number of halogens is 1. The lowest BCUT2D eigenvalue weighted by atomic mass is 9.95. The third-order valence-electron chi connectivity index (χ3n) is 5.39. The van der Waals surface area contributed by atoms with Crippen LogP contribution in [0, 0.1) is 12.8 Å². The molecule has 0 saturated carbocycles. The second-order valence-corrected chi connectivity index (χ2v) is 9.28. The Labute approximate surface area is 185 Å². The van der Waals surface area contributed by atoms with Crippen LogP contribution >= 0.6 is 22.9 Å². The van der Waals surface area contributed by atoms with E-state index in [2.05, 4.69) is 5.32 Å². The Morgan fingerprint density at radius 3 is 2.37 bits per heavy atom. The number of nitrogens with one attached hydrogen (secondary N) is 1. The van der Waals surface area contributed by atoms with E-state index >= 15 is 0 Å². The van der Waals surface area contributed by atoms with Crippen LogP contribution in [0.2, 0.25) is 5.02 Å². The number of carbonyl (C=O) groups excluding carboxylic acids is 2. The molecule has 6 heteroatoms. The predicted octanol–water partition coefficient (Wildman–Crippen LogP) is 5.87. The summed E-state index contributed by atoms with van der Waals surface area (Å²) in [4.78, 5) is 29.1. The van der Waals surface area contributed by atoms with Crippen molar-refractivity contribution in [1.82, 2.24) is 4.90 Å². The van der Waals surface area contributed by atoms with Crippen molar-refractivity contribution in [3.8, 4) is 11.1 Å². The summed E-state index contributed by atoms with van der Waals surface area (Å²) in [5.41, 5.74) is 2.78. The summed E-state index contributed by atoms with van der Waals surface area (Å²) in [5.74, 6) is -0.00700. The smallest absolute Gasteiger partial charge is 0.263 e. The first-order valence-electron chi connectivity index (χ1n) is 10.0. The Morgan fingerprint density at radius 1 is 1.00 bits per heavy atom. The first-order chi connectivity index (χ1) is 14.5. The molecule has 154 valence electrons. The van der Waals surface area contributed by atoms with Crippen LogP contribution in [-0.4, -0.2) is 29.8 Å². The van der Waals surface area contributed by atoms with Gasteiger partial charge < -0.3 is 10.2 Å². The molecule has 4 rings (SSSR count). The molecule has 1 saturated heterocycles. The van der Waals surface area contributed by atoms with E-state index in [0.29, 0.717) is 31.0 Å². The van der Waals surface area contributed by atoms with E-state index in [0.717, 1.165) is 26.6 Å². The van der Waals surface area contributed by atoms with Crippen LogP contribution < -0.4 is 5.32 Å². The number of hydrogen-bond donors (Lipinski definition) is 1. The molecule has 3 aromatic rings. The molecule has 2 amide bonds. The lowest BCUT2D eigenvalue weighted by Gasteiger charge is -2.31. The number of likely N-dealkylation sites (tertiary alicyclic amines) is 1. The minimum absolute atomic E-state index is 0.0114. The van der Waals surface area contributed by atoms with Gasteiger partial charge in [0.05, 0.1) is 4.88 Å². The Bertz CT molecular complexity index is 1070. The van der Waals surface area contributed by atoms with Crippen LogP contribution in [0.15, 0.2) is 60.7 Å². The first-order valence-corrected chi connectivity index (χ1v) is 11.2. The molecular weight excluding hydrogens is 416 g/mol. The topological polar surface area (TPSA) is 49.4 Å². The SMILES string of the molecule is Cc1ccc(C(=O)N2CCC(C(=O)Nc3cccc(-c4cccc(Cl)c4)c3)CC2)s1. The normalized spacial score (nSPS) is 14.5. The molecule has 2 heterocycles. The monoisotopic (exact) mass is 438 g/mol. The highest BCUT2D eigenvalue weighted by atomic mass is 35.5. The first kappa shape index (κ1) is 20.6. The summed E-state index contributed by atoms with van der Waals surface area (Å²) in [7, 11) is 0. The van der Waals surface area contributed by atoms with Crippen molar-refractivity contribution >= 4 is 40.4 Å². The fraction of sp³-hybridized carbons (Fsp3) is 0.250. The quantitative estimate of drug-likeness (QED) is 0.554. The molecule has 4 nitrogen and oxygen atoms in total. The number of benzene rings is 2. The van der Waals surface area contributed by atoms with E-state index in [-0.39, 0.29) is 17.7 Å². The molecule has 0 atom stereocenters. The minimum atomic E-state index is -0.0889. The Kier molecular flexibility index (Phi) is 6.21. The van der Waals surface area contributed by atoms with Crippen LogP contribution in [0.5, 0.6) is 0 Å². The highest BCUT2D eigenvalue weighted by Crippen LogP contribution is 2.27. The molecule has 0 unspecified atom stereocenters. The maximum Gasteiger partial charge on any atom is 0.263 e. The molecule has 1 aromatic heterocycles. The summed E-state index contributed by atoms with van der Waals surface area (Å²) >= 11 is 7.62. The third kappa shape index (κ3) is 4.74. The van der Waals surface area contributed by atoms with Gasteiger partial charge in [0.15, 0.2) is 0 Å². The van der Waals surface area contributed by atoms with Gasteiger partial charge in [0.2, 0.25) is 5.91 Å². The van der Waals surface area contributed by atoms with Gasteiger partial charge in [-0.2, -0.15) is 0 Å². The summed E-state index contributed by atoms with van der Waals surface area (Å²) in [6.45, 7) is 3.21. The standard InChI is InChI=1S/C24H23ClN2O2S/c1-16-8-9-22(30-16)24(29)27-12-10-17(11-13-27)23(28)26-21-7-3-5-19(15-21)18-4-2-6-20(25)14-18/h2-9,14-15,17H,10-13H2,1H3,(H,26,28). The van der Waals surface area contributed by atoms with E-state index in [1.165, 1.54) is 11.3 Å². The van der Waals surface area contributed by atoms with E-state index in [9.17, 15) is 9.59 Å². The zero-order chi connectivity index (χ0) is 21.1. The van der Waals surface area contributed by atoms with Gasteiger partial charge in [-0.25, -0.2) is 0 Å². The lowest BCUT2D eigenvalue weighted by Crippen LogP contribution is -2.41. The van der Waals surface area contributed by atoms with Crippen molar-refractivity contribution in [3.63, 3.8) is 0 Å². The molecule has 0 radical (unpaired) electrons. The molecule has 0 spiro atoms. The molecule has 30 heavy (non-hydrogen) atoms. The van der Waals surface area contributed by atoms with E-state index in [1.54, 1.807) is 0 Å². The van der Waals surface area contributed by atoms with Gasteiger partial charge in [-0.15, -0.1) is 11.3 Å². The second kappa shape index (κ2) is 9.02. The number of carbonyl (C=O) groups is 2. The third-order valence-corrected chi connectivity index (χ3v) is 6.62. The largest absolute Gasteiger partial charge is 0.338 e. The molecule has 0 aliphatic carbocycles. The fourth-order valence-electron chi connectivity index (χ4n) is 3.74. The highest BCUT2D eigenvalue weighted by molar-refractivity contribution is 7.13. The van der Waals surface area contributed by atoms with Gasteiger partial charge in [-0.05, 0) is 67.3 Å². The number of nitrogens with zero attached hydrogens (tertiary/aromatic N) is 1. The van der Waals surface area contributed by atoms with E-state index < -0.39 is 0 Å². The average Bonchev–Trinajstić information content (AvgIpc) is 3.20. The molecule has 0 bridgehead atoms. The van der Waals surface area contributed by atoms with Crippen molar-refractivity contribution in [2.45, 2.75) is 19.8 Å². The van der Waals surface area contributed by atoms with Crippen molar-refractivity contribution in [3.05, 3.63) is 75.4 Å². The van der Waals surface area contributed by atoms with Gasteiger partial charge in [-0.1, -0.05) is 35.9 Å². The number of anilines is 1. The number of amides is 2. The molecule has 1 aliphatic rings. The second-order valence-electron chi connectivity index (χ2n) is 7.56. The number of piperidine rings is 1. The van der Waals surface area contributed by atoms with Crippen LogP contribution in [0.1, 0.15) is 27.4 Å². The van der Waals surface area contributed by atoms with Gasteiger partial charge >= 0.3 is 0 Å². The predicted molar refractivity (Wildman–Crippen MR) is 123 cm³/mol. The van der Waals surface area contributed by atoms with Gasteiger partial charge in [0.25, 0.3) is 5.91 Å². The van der Waals surface area contributed by atoms with Crippen LogP contribution in [-0.2, 0) is 4.79 Å². The molecule has 1 fully saturated rings. The molecule has 1 N–H and O–H groups in total. The highest BCUT2D eigenvalue weighted by Gasteiger charge is 2.28. The Morgan fingerprint density at radius 2 is 1.70 bits per heavy atom. The lowest BCUT2D eigenvalue weighted by molar-refractivity contribution is -0.121. The van der Waals surface area contributed by atoms with E-state index in [1.807, 2.05) is 72.5 Å². The summed E-state index contributed by atoms with van der Waals surface area (Å²) in [6.07, 6.45) is 1.35. The van der Waals surface area contributed by atoms with Crippen LogP contribution in [0.4, 0.5) is 5.69 Å². The number of rotatable bonds is 4. The van der Waals surface area contributed by atoms with Crippen LogP contribution in [0.3, 0.4) is 0 Å². The number of aryl methyl sites for hydroxylation is 1. The average molecular weight is 439 g/mol. The zero-order valence-electron chi connectivity index (χ0n) is 16.7. The Hall–Kier alpha value is -2.63. The van der Waals surface area contributed by atoms with Crippen LogP contribution in [0.25, 0.3) is 11.1 Å². The fourth-order valence-corrected chi connectivity index (χ4v) is 4.76. The van der Waals surface area contributed by atoms with Gasteiger partial charge in [0.1, 0.15) is 0 Å². The minimum Gasteiger partial charge on any atom is -0.338 e. The Balaban J connectivity index is 1.36. The van der Waals surface area contributed by atoms with E-state index in [4.69, 9.17) is 11.6 Å². The number of hydrogen-bond acceptors (Lipinski definition) is 3. The van der Waals surface area contributed by atoms with Gasteiger partial charge in [0, 0.05) is 34.6 Å². The van der Waals surface area contributed by atoms with Crippen molar-refractivity contribution in [2.75, 3.05) is 18.4 Å². The molecule has 1 aliphatic heterocycles. The number of thiophene rings is 1.